The number of methoxy groups -OCH3 is 1. The third kappa shape index (κ3) is 4.77. The van der Waals surface area contributed by atoms with E-state index in [1.165, 1.54) is 25.3 Å². The van der Waals surface area contributed by atoms with Gasteiger partial charge in [0.1, 0.15) is 29.5 Å². The number of Topliss-reactive ketones (excluding diaryl/α,β-unsaturated/α-hetero) is 1. The van der Waals surface area contributed by atoms with Crippen molar-refractivity contribution in [2.45, 2.75) is 82.3 Å². The molecule has 0 saturated carbocycles. The van der Waals surface area contributed by atoms with Gasteiger partial charge < -0.3 is 45.1 Å². The lowest BCUT2D eigenvalue weighted by atomic mass is 9.72. The van der Waals surface area contributed by atoms with Gasteiger partial charge in [0.05, 0.1) is 42.1 Å². The Morgan fingerprint density at radius 3 is 2.48 bits per heavy atom. The lowest BCUT2D eigenvalue weighted by molar-refractivity contribution is -0.250. The lowest BCUT2D eigenvalue weighted by Gasteiger charge is -2.43. The second-order valence-corrected chi connectivity index (χ2v) is 11.4. The Bertz CT molecular complexity index is 1450. The number of hydrogen-bond acceptors (Lipinski definition) is 12. The molecule has 1 aliphatic heterocycles. The van der Waals surface area contributed by atoms with E-state index < -0.39 is 95.7 Å². The van der Waals surface area contributed by atoms with Crippen LogP contribution in [0.25, 0.3) is 0 Å². The minimum absolute atomic E-state index is 0.0224. The van der Waals surface area contributed by atoms with Crippen molar-refractivity contribution in [1.82, 2.24) is 5.32 Å². The Labute approximate surface area is 241 Å². The number of phenolic OH excluding ortho intramolecular Hbond substituents is 2. The van der Waals surface area contributed by atoms with Gasteiger partial charge >= 0.3 is 0 Å². The molecule has 6 N–H and O–H groups in total. The maximum atomic E-state index is 13.8. The number of aromatic hydroxyl groups is 2. The highest BCUT2D eigenvalue weighted by atomic mass is 16.7. The van der Waals surface area contributed by atoms with Crippen LogP contribution in [0, 0.1) is 0 Å². The lowest BCUT2D eigenvalue weighted by Crippen LogP contribution is -2.56. The first-order valence-electron chi connectivity index (χ1n) is 13.8. The topological polar surface area (TPSA) is 192 Å². The number of aliphatic hydroxyl groups excluding tert-OH is 2. The number of ether oxygens (including phenoxy) is 3. The van der Waals surface area contributed by atoms with Gasteiger partial charge in [-0.05, 0) is 13.0 Å². The van der Waals surface area contributed by atoms with E-state index in [0.717, 1.165) is 0 Å². The van der Waals surface area contributed by atoms with Gasteiger partial charge in [0, 0.05) is 48.0 Å². The van der Waals surface area contributed by atoms with Crippen molar-refractivity contribution in [2.24, 2.45) is 0 Å². The number of ketones is 3. The van der Waals surface area contributed by atoms with Gasteiger partial charge in [0.2, 0.25) is 5.78 Å². The van der Waals surface area contributed by atoms with Crippen LogP contribution in [0.1, 0.15) is 82.7 Å². The molecule has 12 heteroatoms. The molecule has 6 atom stereocenters. The molecule has 2 aromatic carbocycles. The minimum atomic E-state index is -2.23. The van der Waals surface area contributed by atoms with E-state index in [1.807, 2.05) is 13.8 Å². The third-order valence-corrected chi connectivity index (χ3v) is 8.31. The summed E-state index contributed by atoms with van der Waals surface area (Å²) in [6.07, 6.45) is -4.71. The van der Waals surface area contributed by atoms with Crippen molar-refractivity contribution in [3.63, 3.8) is 0 Å². The number of phenols is 2. The van der Waals surface area contributed by atoms with Crippen molar-refractivity contribution in [3.05, 3.63) is 51.6 Å². The molecule has 0 spiro atoms. The maximum Gasteiger partial charge on any atom is 0.202 e. The largest absolute Gasteiger partial charge is 0.507 e. The van der Waals surface area contributed by atoms with E-state index in [4.69, 9.17) is 14.2 Å². The van der Waals surface area contributed by atoms with Gasteiger partial charge in [0.15, 0.2) is 17.9 Å². The number of hydrogen-bond donors (Lipinski definition) is 6. The highest BCUT2D eigenvalue weighted by molar-refractivity contribution is 6.31. The highest BCUT2D eigenvalue weighted by Gasteiger charge is 2.50. The first-order chi connectivity index (χ1) is 19.8. The highest BCUT2D eigenvalue weighted by Crippen LogP contribution is 2.52. The summed E-state index contributed by atoms with van der Waals surface area (Å²) in [5.41, 5.74) is -3.52. The fraction of sp³-hybridized carbons (Fsp3) is 0.500. The van der Waals surface area contributed by atoms with Crippen LogP contribution in [-0.4, -0.2) is 92.8 Å². The monoisotopic (exact) mass is 585 g/mol. The van der Waals surface area contributed by atoms with Crippen molar-refractivity contribution < 1.29 is 54.1 Å². The van der Waals surface area contributed by atoms with Gasteiger partial charge in [-0.15, -0.1) is 0 Å². The summed E-state index contributed by atoms with van der Waals surface area (Å²) in [6, 6.07) is 3.98. The molecule has 0 amide bonds. The summed E-state index contributed by atoms with van der Waals surface area (Å²) >= 11 is 0. The molecule has 0 aromatic heterocycles. The van der Waals surface area contributed by atoms with Crippen LogP contribution < -0.4 is 10.1 Å². The molecular formula is C30H35NO11. The van der Waals surface area contributed by atoms with E-state index in [1.54, 1.807) is 6.92 Å². The molecule has 0 bridgehead atoms. The molecule has 3 aliphatic rings. The number of carbonyl (C=O) groups excluding carboxylic acids is 3. The Balaban J connectivity index is 1.65. The van der Waals surface area contributed by atoms with Crippen molar-refractivity contribution >= 4 is 17.3 Å². The Kier molecular flexibility index (Phi) is 7.90. The minimum Gasteiger partial charge on any atom is -0.507 e. The summed E-state index contributed by atoms with van der Waals surface area (Å²) in [4.78, 5) is 40.1. The number of benzene rings is 2. The standard InChI is InChI=1S/C30H35NO11/c1-12(2)31-16-8-20(41-13(3)25(16)34)42-18-10-30(39,19(33)11-32)9-15-22(18)29(38)24-23(27(15)36)26(35)14-6-5-7-17(40-4)21(14)28(24)37/h5-7,12-13,16,18,20,25,31-32,34,36,38-39H,8-11H2,1-4H3. The predicted octanol–water partition coefficient (Wildman–Crippen LogP) is 1.04. The van der Waals surface area contributed by atoms with E-state index in [0.29, 0.717) is 0 Å². The summed E-state index contributed by atoms with van der Waals surface area (Å²) in [5.74, 6) is -3.69. The van der Waals surface area contributed by atoms with E-state index in [2.05, 4.69) is 5.32 Å². The van der Waals surface area contributed by atoms with Crippen molar-refractivity contribution in [1.29, 1.82) is 0 Å². The Morgan fingerprint density at radius 1 is 1.14 bits per heavy atom. The number of rotatable bonds is 7. The molecule has 1 heterocycles. The summed E-state index contributed by atoms with van der Waals surface area (Å²) in [7, 11) is 1.33. The van der Waals surface area contributed by atoms with Gasteiger partial charge in [0.25, 0.3) is 0 Å². The zero-order valence-corrected chi connectivity index (χ0v) is 23.7. The molecule has 2 aliphatic carbocycles. The number of aliphatic hydroxyl groups is 3. The second kappa shape index (κ2) is 11.0. The zero-order valence-electron chi connectivity index (χ0n) is 23.7. The third-order valence-electron chi connectivity index (χ3n) is 8.31. The van der Waals surface area contributed by atoms with Crippen LogP contribution in [0.4, 0.5) is 0 Å². The van der Waals surface area contributed by atoms with Crippen LogP contribution in [0.2, 0.25) is 0 Å². The summed E-state index contributed by atoms with van der Waals surface area (Å²) < 4.78 is 17.4. The molecule has 0 radical (unpaired) electrons. The summed E-state index contributed by atoms with van der Waals surface area (Å²) in [5, 5.41) is 57.9. The Morgan fingerprint density at radius 2 is 1.83 bits per heavy atom. The molecule has 6 unspecified atom stereocenters. The van der Waals surface area contributed by atoms with Crippen LogP contribution in [0.3, 0.4) is 0 Å². The second-order valence-electron chi connectivity index (χ2n) is 11.4. The molecule has 2 aromatic rings. The zero-order chi connectivity index (χ0) is 30.7. The fourth-order valence-electron chi connectivity index (χ4n) is 6.31. The SMILES string of the molecule is COc1cccc2c1C(=O)c1c(O)c3c(c(O)c1C2=O)CC(O)(C(=O)CO)CC3OC1CC(NC(C)C)C(O)C(C)O1. The molecule has 1 fully saturated rings. The molecular weight excluding hydrogens is 550 g/mol. The van der Waals surface area contributed by atoms with Gasteiger partial charge in [-0.25, -0.2) is 0 Å². The average molecular weight is 586 g/mol. The molecule has 12 nitrogen and oxygen atoms in total. The average Bonchev–Trinajstić information content (AvgIpc) is 2.94. The quantitative estimate of drug-likeness (QED) is 0.216. The van der Waals surface area contributed by atoms with Gasteiger partial charge in [-0.2, -0.15) is 0 Å². The van der Waals surface area contributed by atoms with Crippen molar-refractivity contribution in [2.75, 3.05) is 13.7 Å². The van der Waals surface area contributed by atoms with Crippen LogP contribution in [0.15, 0.2) is 18.2 Å². The van der Waals surface area contributed by atoms with Crippen LogP contribution in [0.5, 0.6) is 17.2 Å². The predicted molar refractivity (Wildman–Crippen MR) is 146 cm³/mol. The smallest absolute Gasteiger partial charge is 0.202 e. The van der Waals surface area contributed by atoms with E-state index in [-0.39, 0.29) is 40.5 Å². The number of nitrogens with one attached hydrogen (secondary N) is 1. The molecule has 42 heavy (non-hydrogen) atoms. The van der Waals surface area contributed by atoms with E-state index >= 15 is 0 Å². The van der Waals surface area contributed by atoms with Gasteiger partial charge in [-0.1, -0.05) is 26.0 Å². The van der Waals surface area contributed by atoms with Gasteiger partial charge in [-0.3, -0.25) is 14.4 Å². The normalized spacial score (nSPS) is 28.7. The first-order valence-corrected chi connectivity index (χ1v) is 13.8. The fourth-order valence-corrected chi connectivity index (χ4v) is 6.31. The van der Waals surface area contributed by atoms with E-state index in [9.17, 15) is 39.9 Å². The Hall–Kier alpha value is -3.39. The molecule has 1 saturated heterocycles. The van der Waals surface area contributed by atoms with Crippen LogP contribution in [-0.2, 0) is 20.7 Å². The first kappa shape index (κ1) is 30.1. The van der Waals surface area contributed by atoms with Crippen LogP contribution >= 0.6 is 0 Å². The number of fused-ring (bicyclic) bond motifs is 3. The molecule has 226 valence electrons. The number of carbonyl (C=O) groups is 3. The summed E-state index contributed by atoms with van der Waals surface area (Å²) in [6.45, 7) is 4.47. The maximum absolute atomic E-state index is 13.8. The van der Waals surface area contributed by atoms with Crippen molar-refractivity contribution in [3.8, 4) is 17.2 Å². The molecule has 5 rings (SSSR count).